The monoisotopic (exact) mass is 225 g/mol. The molecule has 1 aromatic carbocycles. The third-order valence-electron chi connectivity index (χ3n) is 2.50. The van der Waals surface area contributed by atoms with Crippen LogP contribution in [0, 0.1) is 5.82 Å². The Kier molecular flexibility index (Phi) is 3.17. The van der Waals surface area contributed by atoms with Crippen LogP contribution in [-0.4, -0.2) is 30.3 Å². The largest absolute Gasteiger partial charge is 0.478 e. The van der Waals surface area contributed by atoms with E-state index in [2.05, 4.69) is 5.32 Å². The number of aromatic carboxylic acids is 1. The maximum atomic E-state index is 13.3. The van der Waals surface area contributed by atoms with Gasteiger partial charge >= 0.3 is 5.97 Å². The van der Waals surface area contributed by atoms with Gasteiger partial charge in [-0.05, 0) is 17.7 Å². The standard InChI is InChI=1S/C11H12FNO3/c12-10-3-7(1-2-9(10)11(14)15)4-13-8-5-16-6-8/h1-3,8,13H,4-6H2,(H,14,15). The molecule has 0 aliphatic carbocycles. The minimum atomic E-state index is -1.25. The Labute approximate surface area is 92.0 Å². The highest BCUT2D eigenvalue weighted by molar-refractivity contribution is 5.87. The number of benzene rings is 1. The fourth-order valence-electron chi connectivity index (χ4n) is 1.46. The van der Waals surface area contributed by atoms with E-state index in [0.717, 1.165) is 5.56 Å². The van der Waals surface area contributed by atoms with Gasteiger partial charge in [-0.25, -0.2) is 9.18 Å². The van der Waals surface area contributed by atoms with E-state index in [1.165, 1.54) is 12.1 Å². The summed E-state index contributed by atoms with van der Waals surface area (Å²) >= 11 is 0. The van der Waals surface area contributed by atoms with Crippen LogP contribution in [0.2, 0.25) is 0 Å². The molecule has 1 fully saturated rings. The Bertz CT molecular complexity index is 404. The molecule has 2 N–H and O–H groups in total. The van der Waals surface area contributed by atoms with Crippen LogP contribution >= 0.6 is 0 Å². The van der Waals surface area contributed by atoms with Crippen molar-refractivity contribution in [2.24, 2.45) is 0 Å². The van der Waals surface area contributed by atoms with Gasteiger partial charge in [-0.1, -0.05) is 6.07 Å². The lowest BCUT2D eigenvalue weighted by Crippen LogP contribution is -2.45. The van der Waals surface area contributed by atoms with Crippen LogP contribution in [0.15, 0.2) is 18.2 Å². The van der Waals surface area contributed by atoms with Crippen LogP contribution in [0.5, 0.6) is 0 Å². The van der Waals surface area contributed by atoms with Gasteiger partial charge in [0.15, 0.2) is 0 Å². The zero-order valence-electron chi connectivity index (χ0n) is 8.57. The van der Waals surface area contributed by atoms with Crippen LogP contribution in [0.1, 0.15) is 15.9 Å². The minimum absolute atomic E-state index is 0.296. The van der Waals surface area contributed by atoms with Crippen molar-refractivity contribution in [1.82, 2.24) is 5.32 Å². The van der Waals surface area contributed by atoms with Crippen molar-refractivity contribution in [2.45, 2.75) is 12.6 Å². The number of hydrogen-bond donors (Lipinski definition) is 2. The Hall–Kier alpha value is -1.46. The fourth-order valence-corrected chi connectivity index (χ4v) is 1.46. The Morgan fingerprint density at radius 3 is 2.81 bits per heavy atom. The van der Waals surface area contributed by atoms with Crippen molar-refractivity contribution in [3.63, 3.8) is 0 Å². The van der Waals surface area contributed by atoms with Gasteiger partial charge in [0, 0.05) is 6.54 Å². The van der Waals surface area contributed by atoms with Gasteiger partial charge in [0.25, 0.3) is 0 Å². The zero-order chi connectivity index (χ0) is 11.5. The highest BCUT2D eigenvalue weighted by Gasteiger charge is 2.17. The molecule has 1 aliphatic rings. The van der Waals surface area contributed by atoms with E-state index >= 15 is 0 Å². The van der Waals surface area contributed by atoms with Crippen LogP contribution in [0.3, 0.4) is 0 Å². The third-order valence-corrected chi connectivity index (χ3v) is 2.50. The molecule has 0 amide bonds. The molecule has 16 heavy (non-hydrogen) atoms. The summed E-state index contributed by atoms with van der Waals surface area (Å²) in [6.07, 6.45) is 0. The summed E-state index contributed by atoms with van der Waals surface area (Å²) < 4.78 is 18.3. The molecule has 1 aliphatic heterocycles. The minimum Gasteiger partial charge on any atom is -0.478 e. The molecule has 0 aromatic heterocycles. The number of ether oxygens (including phenoxy) is 1. The lowest BCUT2D eigenvalue weighted by molar-refractivity contribution is -0.00579. The Morgan fingerprint density at radius 2 is 2.31 bits per heavy atom. The number of rotatable bonds is 4. The molecular weight excluding hydrogens is 213 g/mol. The molecule has 0 bridgehead atoms. The quantitative estimate of drug-likeness (QED) is 0.803. The molecule has 1 heterocycles. The smallest absolute Gasteiger partial charge is 0.338 e. The normalized spacial score (nSPS) is 15.8. The van der Waals surface area contributed by atoms with Gasteiger partial charge in [-0.3, -0.25) is 0 Å². The van der Waals surface area contributed by atoms with Gasteiger partial charge in [0.2, 0.25) is 0 Å². The third kappa shape index (κ3) is 2.37. The van der Waals surface area contributed by atoms with E-state index < -0.39 is 11.8 Å². The summed E-state index contributed by atoms with van der Waals surface area (Å²) in [5, 5.41) is 11.8. The summed E-state index contributed by atoms with van der Waals surface area (Å²) in [6, 6.07) is 4.46. The van der Waals surface area contributed by atoms with Gasteiger partial charge in [-0.15, -0.1) is 0 Å². The van der Waals surface area contributed by atoms with E-state index in [4.69, 9.17) is 9.84 Å². The fraction of sp³-hybridized carbons (Fsp3) is 0.364. The number of carbonyl (C=O) groups is 1. The summed E-state index contributed by atoms with van der Waals surface area (Å²) in [7, 11) is 0. The zero-order valence-corrected chi connectivity index (χ0v) is 8.57. The first-order valence-corrected chi connectivity index (χ1v) is 4.99. The summed E-state index contributed by atoms with van der Waals surface area (Å²) in [5.74, 6) is -1.94. The molecule has 1 saturated heterocycles. The van der Waals surface area contributed by atoms with Crippen molar-refractivity contribution in [3.05, 3.63) is 35.1 Å². The maximum absolute atomic E-state index is 13.3. The molecule has 0 atom stereocenters. The average Bonchev–Trinajstić information content (AvgIpc) is 2.14. The van der Waals surface area contributed by atoms with Gasteiger partial charge in [-0.2, -0.15) is 0 Å². The molecule has 0 spiro atoms. The van der Waals surface area contributed by atoms with E-state index in [1.807, 2.05) is 0 Å². The summed E-state index contributed by atoms with van der Waals surface area (Å²) in [4.78, 5) is 10.6. The first-order valence-electron chi connectivity index (χ1n) is 4.99. The molecule has 0 saturated carbocycles. The Morgan fingerprint density at radius 1 is 1.56 bits per heavy atom. The van der Waals surface area contributed by atoms with E-state index in [-0.39, 0.29) is 5.56 Å². The number of carboxylic acid groups (broad SMARTS) is 1. The number of carboxylic acids is 1. The van der Waals surface area contributed by atoms with Crippen molar-refractivity contribution < 1.29 is 19.0 Å². The van der Waals surface area contributed by atoms with Crippen molar-refractivity contribution in [1.29, 1.82) is 0 Å². The van der Waals surface area contributed by atoms with Gasteiger partial charge in [0.05, 0.1) is 24.8 Å². The molecule has 0 unspecified atom stereocenters. The SMILES string of the molecule is O=C(O)c1ccc(CNC2COC2)cc1F. The van der Waals surface area contributed by atoms with Gasteiger partial charge in [0.1, 0.15) is 5.82 Å². The van der Waals surface area contributed by atoms with E-state index in [9.17, 15) is 9.18 Å². The highest BCUT2D eigenvalue weighted by Crippen LogP contribution is 2.11. The van der Waals surface area contributed by atoms with E-state index in [0.29, 0.717) is 25.8 Å². The predicted molar refractivity (Wildman–Crippen MR) is 54.8 cm³/mol. The molecule has 4 nitrogen and oxygen atoms in total. The maximum Gasteiger partial charge on any atom is 0.338 e. The van der Waals surface area contributed by atoms with Crippen molar-refractivity contribution in [2.75, 3.05) is 13.2 Å². The Balaban J connectivity index is 1.99. The lowest BCUT2D eigenvalue weighted by atomic mass is 10.1. The topological polar surface area (TPSA) is 58.6 Å². The second kappa shape index (κ2) is 4.59. The van der Waals surface area contributed by atoms with Crippen molar-refractivity contribution >= 4 is 5.97 Å². The highest BCUT2D eigenvalue weighted by atomic mass is 19.1. The molecule has 2 rings (SSSR count). The molecule has 86 valence electrons. The number of halogens is 1. The second-order valence-electron chi connectivity index (χ2n) is 3.73. The first-order chi connectivity index (χ1) is 7.66. The first kappa shape index (κ1) is 11.0. The second-order valence-corrected chi connectivity index (χ2v) is 3.73. The molecule has 1 aromatic rings. The number of hydrogen-bond acceptors (Lipinski definition) is 3. The van der Waals surface area contributed by atoms with Crippen molar-refractivity contribution in [3.8, 4) is 0 Å². The predicted octanol–water partition coefficient (Wildman–Crippen LogP) is 1.01. The van der Waals surface area contributed by atoms with Gasteiger partial charge < -0.3 is 15.2 Å². The number of nitrogens with one attached hydrogen (secondary N) is 1. The van der Waals surface area contributed by atoms with Crippen LogP contribution in [0.25, 0.3) is 0 Å². The average molecular weight is 225 g/mol. The van der Waals surface area contributed by atoms with E-state index in [1.54, 1.807) is 6.07 Å². The van der Waals surface area contributed by atoms with Crippen LogP contribution in [0.4, 0.5) is 4.39 Å². The molecule has 5 heteroatoms. The summed E-state index contributed by atoms with van der Waals surface area (Å²) in [6.45, 7) is 1.87. The van der Waals surface area contributed by atoms with Crippen LogP contribution in [-0.2, 0) is 11.3 Å². The van der Waals surface area contributed by atoms with Crippen LogP contribution < -0.4 is 5.32 Å². The molecule has 0 radical (unpaired) electrons. The summed E-state index contributed by atoms with van der Waals surface area (Å²) in [5.41, 5.74) is 0.435. The molecular formula is C11H12FNO3. The lowest BCUT2D eigenvalue weighted by Gasteiger charge is -2.27.